The second-order valence-electron chi connectivity index (χ2n) is 7.67. The van der Waals surface area contributed by atoms with Crippen molar-refractivity contribution in [2.75, 3.05) is 18.1 Å². The van der Waals surface area contributed by atoms with Gasteiger partial charge in [-0.1, -0.05) is 12.1 Å². The summed E-state index contributed by atoms with van der Waals surface area (Å²) in [4.78, 5) is 12.5. The van der Waals surface area contributed by atoms with Crippen LogP contribution in [0.2, 0.25) is 0 Å². The van der Waals surface area contributed by atoms with Crippen molar-refractivity contribution in [3.63, 3.8) is 0 Å². The topological polar surface area (TPSA) is 75.3 Å². The molecule has 5 nitrogen and oxygen atoms in total. The lowest BCUT2D eigenvalue weighted by molar-refractivity contribution is 0.102. The van der Waals surface area contributed by atoms with E-state index in [-0.39, 0.29) is 10.8 Å². The fourth-order valence-corrected chi connectivity index (χ4v) is 3.93. The Morgan fingerprint density at radius 2 is 1.70 bits per heavy atom. The lowest BCUT2D eigenvalue weighted by atomic mass is 10.1. The van der Waals surface area contributed by atoms with E-state index in [1.807, 2.05) is 12.1 Å². The Bertz CT molecular complexity index is 932. The van der Waals surface area contributed by atoms with E-state index in [1.54, 1.807) is 0 Å². The van der Waals surface area contributed by atoms with Crippen molar-refractivity contribution in [1.29, 1.82) is 0 Å². The summed E-state index contributed by atoms with van der Waals surface area (Å²) in [5, 5.41) is 6.50. The van der Waals surface area contributed by atoms with Crippen molar-refractivity contribution in [3.8, 4) is 0 Å². The van der Waals surface area contributed by atoms with Gasteiger partial charge in [-0.25, -0.2) is 8.42 Å². The first kappa shape index (κ1) is 18.2. The zero-order valence-electron chi connectivity index (χ0n) is 15.3. The van der Waals surface area contributed by atoms with Crippen LogP contribution in [0.3, 0.4) is 0 Å². The molecule has 4 rings (SSSR count). The molecule has 6 heteroatoms. The summed E-state index contributed by atoms with van der Waals surface area (Å²) in [5.41, 5.74) is 2.47. The maximum absolute atomic E-state index is 12.3. The van der Waals surface area contributed by atoms with Gasteiger partial charge in [0.05, 0.1) is 4.90 Å². The smallest absolute Gasteiger partial charge is 0.255 e. The third kappa shape index (κ3) is 4.57. The van der Waals surface area contributed by atoms with Gasteiger partial charge in [-0.15, -0.1) is 0 Å². The van der Waals surface area contributed by atoms with Gasteiger partial charge in [-0.05, 0) is 73.7 Å². The maximum atomic E-state index is 12.3. The van der Waals surface area contributed by atoms with Crippen molar-refractivity contribution < 1.29 is 13.2 Å². The summed E-state index contributed by atoms with van der Waals surface area (Å²) < 4.78 is 23.0. The minimum absolute atomic E-state index is 0.206. The van der Waals surface area contributed by atoms with E-state index in [4.69, 9.17) is 0 Å². The lowest BCUT2D eigenvalue weighted by Crippen LogP contribution is -2.20. The van der Waals surface area contributed by atoms with Crippen molar-refractivity contribution in [3.05, 3.63) is 59.7 Å². The van der Waals surface area contributed by atoms with E-state index >= 15 is 0 Å². The highest BCUT2D eigenvalue weighted by atomic mass is 32.2. The number of hydrogen-bond acceptors (Lipinski definition) is 4. The van der Waals surface area contributed by atoms with Gasteiger partial charge in [0.1, 0.15) is 0 Å². The van der Waals surface area contributed by atoms with Gasteiger partial charge >= 0.3 is 0 Å². The Labute approximate surface area is 160 Å². The molecule has 2 aromatic carbocycles. The van der Waals surface area contributed by atoms with E-state index in [0.717, 1.165) is 24.4 Å². The van der Waals surface area contributed by atoms with Crippen LogP contribution in [-0.4, -0.2) is 33.2 Å². The molecule has 2 fully saturated rings. The number of nitrogens with one attached hydrogen (secondary N) is 2. The molecule has 0 spiro atoms. The van der Waals surface area contributed by atoms with Crippen molar-refractivity contribution in [2.24, 2.45) is 5.92 Å². The predicted octanol–water partition coefficient (Wildman–Crippen LogP) is 3.20. The number of amides is 1. The third-order valence-electron chi connectivity index (χ3n) is 5.30. The zero-order chi connectivity index (χ0) is 19.0. The molecule has 0 radical (unpaired) electrons. The van der Waals surface area contributed by atoms with Crippen molar-refractivity contribution >= 4 is 21.4 Å². The zero-order valence-corrected chi connectivity index (χ0v) is 16.1. The van der Waals surface area contributed by atoms with Crippen LogP contribution in [0.15, 0.2) is 53.4 Å². The van der Waals surface area contributed by atoms with Crippen LogP contribution in [0, 0.1) is 5.92 Å². The lowest BCUT2D eigenvalue weighted by Gasteiger charge is -2.08. The van der Waals surface area contributed by atoms with Crippen LogP contribution in [0.4, 0.5) is 5.69 Å². The Balaban J connectivity index is 1.33. The first-order valence-electron chi connectivity index (χ1n) is 9.35. The molecule has 27 heavy (non-hydrogen) atoms. The summed E-state index contributed by atoms with van der Waals surface area (Å²) in [7, 11) is -3.26. The average Bonchev–Trinajstić information content (AvgIpc) is 3.54. The molecule has 2 saturated carbocycles. The second-order valence-corrected chi connectivity index (χ2v) is 9.69. The molecule has 2 atom stereocenters. The molecular weight excluding hydrogens is 360 g/mol. The fraction of sp³-hybridized carbons (Fsp3) is 0.381. The quantitative estimate of drug-likeness (QED) is 0.769. The fourth-order valence-electron chi connectivity index (χ4n) is 3.30. The second kappa shape index (κ2) is 7.09. The molecule has 2 aliphatic carbocycles. The monoisotopic (exact) mass is 384 g/mol. The maximum Gasteiger partial charge on any atom is 0.255 e. The summed E-state index contributed by atoms with van der Waals surface area (Å²) in [6, 6.07) is 14.6. The molecule has 1 amide bonds. The minimum atomic E-state index is -3.26. The van der Waals surface area contributed by atoms with E-state index in [0.29, 0.717) is 17.5 Å². The van der Waals surface area contributed by atoms with Crippen LogP contribution < -0.4 is 10.6 Å². The van der Waals surface area contributed by atoms with Gasteiger partial charge in [0.25, 0.3) is 5.91 Å². The molecule has 0 aromatic heterocycles. The van der Waals surface area contributed by atoms with Crippen LogP contribution in [-0.2, 0) is 9.84 Å². The minimum Gasteiger partial charge on any atom is -0.322 e. The summed E-state index contributed by atoms with van der Waals surface area (Å²) in [6.45, 7) is 1.15. The first-order valence-corrected chi connectivity index (χ1v) is 11.2. The molecule has 2 unspecified atom stereocenters. The summed E-state index contributed by atoms with van der Waals surface area (Å²) in [5.74, 6) is 1.23. The van der Waals surface area contributed by atoms with Crippen LogP contribution in [0.1, 0.15) is 41.1 Å². The molecule has 2 aliphatic rings. The molecule has 142 valence electrons. The third-order valence-corrected chi connectivity index (χ3v) is 6.43. The first-order chi connectivity index (χ1) is 12.9. The summed E-state index contributed by atoms with van der Waals surface area (Å²) >= 11 is 0. The molecule has 0 aliphatic heterocycles. The molecule has 0 saturated heterocycles. The number of anilines is 1. The van der Waals surface area contributed by atoms with Gasteiger partial charge in [0, 0.05) is 29.5 Å². The van der Waals surface area contributed by atoms with Crippen LogP contribution in [0.5, 0.6) is 0 Å². The van der Waals surface area contributed by atoms with Crippen molar-refractivity contribution in [1.82, 2.24) is 5.32 Å². The van der Waals surface area contributed by atoms with E-state index in [9.17, 15) is 13.2 Å². The number of benzene rings is 2. The standard InChI is InChI=1S/C21H24N2O3S/c1-27(25,26)18-10-6-16(7-11-18)21(24)23-17-8-4-15(5-9-17)19-12-20(19)22-13-14-2-3-14/h4-11,14,19-20,22H,2-3,12-13H2,1H3,(H,23,24). The Morgan fingerprint density at radius 3 is 2.30 bits per heavy atom. The van der Waals surface area contributed by atoms with Crippen LogP contribution in [0.25, 0.3) is 0 Å². The Morgan fingerprint density at radius 1 is 1.04 bits per heavy atom. The number of sulfone groups is 1. The van der Waals surface area contributed by atoms with Crippen molar-refractivity contribution in [2.45, 2.75) is 36.1 Å². The van der Waals surface area contributed by atoms with Gasteiger partial charge in [-0.2, -0.15) is 0 Å². The molecular formula is C21H24N2O3S. The molecule has 2 N–H and O–H groups in total. The predicted molar refractivity (Wildman–Crippen MR) is 106 cm³/mol. The number of hydrogen-bond donors (Lipinski definition) is 2. The number of carbonyl (C=O) groups excluding carboxylic acids is 1. The normalized spacial score (nSPS) is 21.7. The molecule has 0 heterocycles. The number of carbonyl (C=O) groups is 1. The van der Waals surface area contributed by atoms with E-state index < -0.39 is 9.84 Å². The van der Waals surface area contributed by atoms with Gasteiger partial charge in [-0.3, -0.25) is 4.79 Å². The highest BCUT2D eigenvalue weighted by Gasteiger charge is 2.38. The Hall–Kier alpha value is -2.18. The van der Waals surface area contributed by atoms with E-state index in [2.05, 4.69) is 22.8 Å². The molecule has 2 aromatic rings. The average molecular weight is 385 g/mol. The van der Waals surface area contributed by atoms with E-state index in [1.165, 1.54) is 49.1 Å². The highest BCUT2D eigenvalue weighted by molar-refractivity contribution is 7.90. The van der Waals surface area contributed by atoms with Crippen LogP contribution >= 0.6 is 0 Å². The SMILES string of the molecule is CS(=O)(=O)c1ccc(C(=O)Nc2ccc(C3CC3NCC3CC3)cc2)cc1. The molecule has 0 bridgehead atoms. The van der Waals surface area contributed by atoms with Gasteiger partial charge in [0.2, 0.25) is 0 Å². The largest absolute Gasteiger partial charge is 0.322 e. The highest BCUT2D eigenvalue weighted by Crippen LogP contribution is 2.41. The van der Waals surface area contributed by atoms with Gasteiger partial charge in [0.15, 0.2) is 9.84 Å². The van der Waals surface area contributed by atoms with Gasteiger partial charge < -0.3 is 10.6 Å². The Kier molecular flexibility index (Phi) is 4.78. The number of rotatable bonds is 7. The summed E-state index contributed by atoms with van der Waals surface area (Å²) in [6.07, 6.45) is 5.08.